The van der Waals surface area contributed by atoms with E-state index in [0.29, 0.717) is 24.0 Å². The Morgan fingerprint density at radius 2 is 2.07 bits per heavy atom. The van der Waals surface area contributed by atoms with Gasteiger partial charge in [0.2, 0.25) is 0 Å². The van der Waals surface area contributed by atoms with Gasteiger partial charge in [0.15, 0.2) is 0 Å². The summed E-state index contributed by atoms with van der Waals surface area (Å²) >= 11 is 0. The van der Waals surface area contributed by atoms with Crippen molar-refractivity contribution in [2.24, 2.45) is 0 Å². The van der Waals surface area contributed by atoms with E-state index in [9.17, 15) is 13.9 Å². The van der Waals surface area contributed by atoms with Crippen molar-refractivity contribution in [3.63, 3.8) is 0 Å². The SMILES string of the molecule is Cc1cc(C2(O)CC2)cc(F)c1CF. The maximum atomic E-state index is 13.3. The van der Waals surface area contributed by atoms with Crippen molar-refractivity contribution >= 4 is 0 Å². The lowest BCUT2D eigenvalue weighted by Gasteiger charge is -2.11. The van der Waals surface area contributed by atoms with Gasteiger partial charge in [-0.25, -0.2) is 8.78 Å². The van der Waals surface area contributed by atoms with E-state index in [1.165, 1.54) is 6.07 Å². The summed E-state index contributed by atoms with van der Waals surface area (Å²) in [6, 6.07) is 2.92. The first-order valence-electron chi connectivity index (χ1n) is 4.65. The topological polar surface area (TPSA) is 20.2 Å². The van der Waals surface area contributed by atoms with Crippen molar-refractivity contribution < 1.29 is 13.9 Å². The third-order valence-corrected chi connectivity index (χ3v) is 2.81. The quantitative estimate of drug-likeness (QED) is 0.774. The number of aryl methyl sites for hydroxylation is 1. The van der Waals surface area contributed by atoms with Crippen molar-refractivity contribution in [3.05, 3.63) is 34.6 Å². The number of hydrogen-bond acceptors (Lipinski definition) is 1. The van der Waals surface area contributed by atoms with Gasteiger partial charge in [0.05, 0.1) is 5.60 Å². The molecule has 1 aromatic rings. The van der Waals surface area contributed by atoms with E-state index >= 15 is 0 Å². The van der Waals surface area contributed by atoms with Gasteiger partial charge in [-0.1, -0.05) is 6.07 Å². The molecule has 1 N–H and O–H groups in total. The first-order valence-corrected chi connectivity index (χ1v) is 4.65. The van der Waals surface area contributed by atoms with Crippen molar-refractivity contribution in [1.29, 1.82) is 0 Å². The lowest BCUT2D eigenvalue weighted by atomic mass is 10.0. The molecule has 0 unspecified atom stereocenters. The second-order valence-corrected chi connectivity index (χ2v) is 3.92. The standard InChI is InChI=1S/C11H12F2O/c1-7-4-8(11(14)2-3-11)5-10(13)9(7)6-12/h4-5,14H,2-3,6H2,1H3. The van der Waals surface area contributed by atoms with Gasteiger partial charge in [0.1, 0.15) is 12.5 Å². The van der Waals surface area contributed by atoms with E-state index in [1.807, 2.05) is 0 Å². The van der Waals surface area contributed by atoms with E-state index in [-0.39, 0.29) is 5.56 Å². The Morgan fingerprint density at radius 1 is 1.43 bits per heavy atom. The van der Waals surface area contributed by atoms with Crippen LogP contribution in [0.2, 0.25) is 0 Å². The van der Waals surface area contributed by atoms with Gasteiger partial charge in [-0.3, -0.25) is 0 Å². The van der Waals surface area contributed by atoms with Crippen LogP contribution in [0.25, 0.3) is 0 Å². The van der Waals surface area contributed by atoms with Crippen LogP contribution in [-0.4, -0.2) is 5.11 Å². The summed E-state index contributed by atoms with van der Waals surface area (Å²) < 4.78 is 25.7. The summed E-state index contributed by atoms with van der Waals surface area (Å²) in [5, 5.41) is 9.75. The molecule has 1 nitrogen and oxygen atoms in total. The fraction of sp³-hybridized carbons (Fsp3) is 0.455. The van der Waals surface area contributed by atoms with Gasteiger partial charge in [-0.15, -0.1) is 0 Å². The Kier molecular flexibility index (Phi) is 2.07. The monoisotopic (exact) mass is 198 g/mol. The second kappa shape index (κ2) is 3.02. The molecule has 0 bridgehead atoms. The molecule has 1 saturated carbocycles. The van der Waals surface area contributed by atoms with Crippen LogP contribution in [-0.2, 0) is 12.3 Å². The maximum Gasteiger partial charge on any atom is 0.129 e. The third kappa shape index (κ3) is 1.42. The number of halogens is 2. The fourth-order valence-electron chi connectivity index (χ4n) is 1.62. The minimum Gasteiger partial charge on any atom is -0.385 e. The van der Waals surface area contributed by atoms with Crippen LogP contribution in [0, 0.1) is 12.7 Å². The Labute approximate surface area is 81.4 Å². The van der Waals surface area contributed by atoms with Gasteiger partial charge in [0.25, 0.3) is 0 Å². The summed E-state index contributed by atoms with van der Waals surface area (Å²) in [6.07, 6.45) is 1.34. The van der Waals surface area contributed by atoms with Crippen molar-refractivity contribution in [3.8, 4) is 0 Å². The van der Waals surface area contributed by atoms with Gasteiger partial charge in [0, 0.05) is 5.56 Å². The normalized spacial score (nSPS) is 18.3. The number of hydrogen-bond donors (Lipinski definition) is 1. The molecule has 0 atom stereocenters. The molecule has 0 saturated heterocycles. The van der Waals surface area contributed by atoms with E-state index in [2.05, 4.69) is 0 Å². The first-order chi connectivity index (χ1) is 6.57. The van der Waals surface area contributed by atoms with Crippen molar-refractivity contribution in [2.75, 3.05) is 0 Å². The maximum absolute atomic E-state index is 13.3. The number of rotatable bonds is 2. The highest BCUT2D eigenvalue weighted by atomic mass is 19.1. The Bertz CT molecular complexity index is 347. The van der Waals surface area contributed by atoms with Crippen LogP contribution >= 0.6 is 0 Å². The Balaban J connectivity index is 2.47. The smallest absolute Gasteiger partial charge is 0.129 e. The summed E-state index contributed by atoms with van der Waals surface area (Å²) in [5.41, 5.74) is 0.394. The van der Waals surface area contributed by atoms with Gasteiger partial charge < -0.3 is 5.11 Å². The molecule has 0 aromatic heterocycles. The summed E-state index contributed by atoms with van der Waals surface area (Å²) in [4.78, 5) is 0. The summed E-state index contributed by atoms with van der Waals surface area (Å²) in [7, 11) is 0. The predicted molar refractivity (Wildman–Crippen MR) is 49.1 cm³/mol. The highest BCUT2D eigenvalue weighted by molar-refractivity contribution is 5.37. The number of benzene rings is 1. The number of alkyl halides is 1. The molecule has 0 amide bonds. The van der Waals surface area contributed by atoms with E-state index in [0.717, 1.165) is 0 Å². The van der Waals surface area contributed by atoms with E-state index in [1.54, 1.807) is 13.0 Å². The van der Waals surface area contributed by atoms with Crippen molar-refractivity contribution in [2.45, 2.75) is 32.0 Å². The highest BCUT2D eigenvalue weighted by Crippen LogP contribution is 2.45. The Hall–Kier alpha value is -0.960. The average molecular weight is 198 g/mol. The molecule has 0 spiro atoms. The van der Waals surface area contributed by atoms with E-state index in [4.69, 9.17) is 0 Å². The predicted octanol–water partition coefficient (Wildman–Crippen LogP) is 2.59. The molecule has 0 radical (unpaired) electrons. The van der Waals surface area contributed by atoms with Gasteiger partial charge >= 0.3 is 0 Å². The zero-order valence-corrected chi connectivity index (χ0v) is 7.98. The highest BCUT2D eigenvalue weighted by Gasteiger charge is 2.42. The van der Waals surface area contributed by atoms with Gasteiger partial charge in [-0.05, 0) is 37.0 Å². The van der Waals surface area contributed by atoms with Gasteiger partial charge in [-0.2, -0.15) is 0 Å². The summed E-state index contributed by atoms with van der Waals surface area (Å²) in [6.45, 7) is 0.865. The fourth-order valence-corrected chi connectivity index (χ4v) is 1.62. The lowest BCUT2D eigenvalue weighted by molar-refractivity contribution is 0.151. The first kappa shape index (κ1) is 9.59. The van der Waals surface area contributed by atoms with Crippen LogP contribution in [0.15, 0.2) is 12.1 Å². The van der Waals surface area contributed by atoms with Crippen LogP contribution in [0.4, 0.5) is 8.78 Å². The molecule has 14 heavy (non-hydrogen) atoms. The molecule has 3 heteroatoms. The molecule has 1 aromatic carbocycles. The van der Waals surface area contributed by atoms with Crippen LogP contribution < -0.4 is 0 Å². The lowest BCUT2D eigenvalue weighted by Crippen LogP contribution is -2.06. The largest absolute Gasteiger partial charge is 0.385 e. The third-order valence-electron chi connectivity index (χ3n) is 2.81. The van der Waals surface area contributed by atoms with Crippen LogP contribution in [0.3, 0.4) is 0 Å². The van der Waals surface area contributed by atoms with Crippen molar-refractivity contribution in [1.82, 2.24) is 0 Å². The average Bonchev–Trinajstić information content (AvgIpc) is 2.84. The van der Waals surface area contributed by atoms with E-state index < -0.39 is 18.1 Å². The summed E-state index contributed by atoms with van der Waals surface area (Å²) in [5.74, 6) is -0.553. The van der Waals surface area contributed by atoms with Crippen LogP contribution in [0.5, 0.6) is 0 Å². The second-order valence-electron chi connectivity index (χ2n) is 3.92. The molecule has 0 aliphatic heterocycles. The molecular formula is C11H12F2O. The molecule has 1 fully saturated rings. The zero-order chi connectivity index (χ0) is 10.3. The molecular weight excluding hydrogens is 186 g/mol. The molecule has 1 aliphatic carbocycles. The van der Waals surface area contributed by atoms with Crippen LogP contribution in [0.1, 0.15) is 29.5 Å². The minimum absolute atomic E-state index is 0.0954. The molecule has 1 aliphatic rings. The number of aliphatic hydroxyl groups is 1. The molecule has 76 valence electrons. The molecule has 2 rings (SSSR count). The minimum atomic E-state index is -0.847. The zero-order valence-electron chi connectivity index (χ0n) is 7.98. The molecule has 0 heterocycles. The Morgan fingerprint density at radius 3 is 2.50 bits per heavy atom.